The minimum atomic E-state index is -0.542. The second-order valence-corrected chi connectivity index (χ2v) is 6.53. The molecule has 0 atom stereocenters. The van der Waals surface area contributed by atoms with Crippen LogP contribution in [0.3, 0.4) is 0 Å². The molecule has 0 radical (unpaired) electrons. The van der Waals surface area contributed by atoms with E-state index in [0.29, 0.717) is 27.6 Å². The van der Waals surface area contributed by atoms with Gasteiger partial charge in [-0.05, 0) is 30.3 Å². The number of carbonyl (C=O) groups is 2. The van der Waals surface area contributed by atoms with Crippen molar-refractivity contribution in [3.8, 4) is 11.5 Å². The summed E-state index contributed by atoms with van der Waals surface area (Å²) in [5, 5.41) is 0.390. The highest BCUT2D eigenvalue weighted by Gasteiger charge is 2.15. The standard InChI is InChI=1S/C18H18BrClN2O5/c1-25-8-9-26-15-7-6-12(19)10-13(15)18(24)22-21-17(23)11-27-16-5-3-2-4-14(16)20/h2-7,10H,8-9,11H2,1H3,(H,21,23)(H,22,24). The second-order valence-electron chi connectivity index (χ2n) is 5.20. The number of halogens is 2. The summed E-state index contributed by atoms with van der Waals surface area (Å²) in [5.74, 6) is -0.328. The highest BCUT2D eigenvalue weighted by atomic mass is 79.9. The molecule has 0 saturated heterocycles. The van der Waals surface area contributed by atoms with Crippen LogP contribution in [0.15, 0.2) is 46.9 Å². The van der Waals surface area contributed by atoms with Crippen LogP contribution in [0, 0.1) is 0 Å². The highest BCUT2D eigenvalue weighted by Crippen LogP contribution is 2.24. The third-order valence-corrected chi connectivity index (χ3v) is 4.05. The van der Waals surface area contributed by atoms with E-state index >= 15 is 0 Å². The molecule has 0 aliphatic heterocycles. The maximum atomic E-state index is 12.4. The molecule has 0 aliphatic rings. The van der Waals surface area contributed by atoms with E-state index in [-0.39, 0.29) is 18.8 Å². The summed E-state index contributed by atoms with van der Waals surface area (Å²) in [6.07, 6.45) is 0. The Hall–Kier alpha value is -2.29. The fourth-order valence-corrected chi connectivity index (χ4v) is 2.53. The van der Waals surface area contributed by atoms with Crippen LogP contribution >= 0.6 is 27.5 Å². The number of nitrogens with one attached hydrogen (secondary N) is 2. The number of carbonyl (C=O) groups excluding carboxylic acids is 2. The lowest BCUT2D eigenvalue weighted by Crippen LogP contribution is -2.44. The minimum Gasteiger partial charge on any atom is -0.490 e. The third kappa shape index (κ3) is 6.74. The van der Waals surface area contributed by atoms with Gasteiger partial charge in [0.05, 0.1) is 17.2 Å². The fraction of sp³-hybridized carbons (Fsp3) is 0.222. The molecule has 2 N–H and O–H groups in total. The monoisotopic (exact) mass is 456 g/mol. The van der Waals surface area contributed by atoms with Gasteiger partial charge in [-0.3, -0.25) is 20.4 Å². The van der Waals surface area contributed by atoms with E-state index in [0.717, 1.165) is 0 Å². The van der Waals surface area contributed by atoms with E-state index in [1.165, 1.54) is 0 Å². The number of hydrazine groups is 1. The average molecular weight is 458 g/mol. The molecule has 9 heteroatoms. The smallest absolute Gasteiger partial charge is 0.276 e. The molecule has 27 heavy (non-hydrogen) atoms. The first-order valence-electron chi connectivity index (χ1n) is 7.89. The van der Waals surface area contributed by atoms with Crippen LogP contribution in [0.25, 0.3) is 0 Å². The maximum absolute atomic E-state index is 12.4. The summed E-state index contributed by atoms with van der Waals surface area (Å²) in [6.45, 7) is 0.364. The van der Waals surface area contributed by atoms with Crippen LogP contribution < -0.4 is 20.3 Å². The van der Waals surface area contributed by atoms with Gasteiger partial charge in [0.2, 0.25) is 0 Å². The molecule has 0 spiro atoms. The predicted molar refractivity (Wildman–Crippen MR) is 104 cm³/mol. The number of rotatable bonds is 8. The number of hydrogen-bond acceptors (Lipinski definition) is 5. The molecule has 0 unspecified atom stereocenters. The van der Waals surface area contributed by atoms with Crippen LogP contribution in [-0.4, -0.2) is 38.7 Å². The topological polar surface area (TPSA) is 85.9 Å². The molecule has 7 nitrogen and oxygen atoms in total. The van der Waals surface area contributed by atoms with Gasteiger partial charge in [-0.2, -0.15) is 0 Å². The Morgan fingerprint density at radius 1 is 1.04 bits per heavy atom. The summed E-state index contributed by atoms with van der Waals surface area (Å²) in [4.78, 5) is 24.2. The lowest BCUT2D eigenvalue weighted by atomic mass is 10.2. The van der Waals surface area contributed by atoms with Gasteiger partial charge < -0.3 is 14.2 Å². The summed E-state index contributed by atoms with van der Waals surface area (Å²) < 4.78 is 16.4. The van der Waals surface area contributed by atoms with Gasteiger partial charge >= 0.3 is 0 Å². The fourth-order valence-electron chi connectivity index (χ4n) is 1.98. The van der Waals surface area contributed by atoms with Crippen LogP contribution in [0.1, 0.15) is 10.4 Å². The summed E-state index contributed by atoms with van der Waals surface area (Å²) in [5.41, 5.74) is 4.86. The zero-order valence-electron chi connectivity index (χ0n) is 14.5. The number of para-hydroxylation sites is 1. The third-order valence-electron chi connectivity index (χ3n) is 3.24. The largest absolute Gasteiger partial charge is 0.490 e. The first-order valence-corrected chi connectivity index (χ1v) is 9.06. The van der Waals surface area contributed by atoms with E-state index in [2.05, 4.69) is 26.8 Å². The Morgan fingerprint density at radius 2 is 1.81 bits per heavy atom. The van der Waals surface area contributed by atoms with Crippen LogP contribution in [0.5, 0.6) is 11.5 Å². The highest BCUT2D eigenvalue weighted by molar-refractivity contribution is 9.10. The first kappa shape index (κ1) is 21.0. The van der Waals surface area contributed by atoms with Crippen molar-refractivity contribution in [3.63, 3.8) is 0 Å². The number of methoxy groups -OCH3 is 1. The summed E-state index contributed by atoms with van der Waals surface area (Å²) in [7, 11) is 1.55. The molecule has 2 amide bonds. The van der Waals surface area contributed by atoms with Gasteiger partial charge in [0, 0.05) is 11.6 Å². The summed E-state index contributed by atoms with van der Waals surface area (Å²) in [6, 6.07) is 11.8. The molecule has 2 aromatic carbocycles. The van der Waals surface area contributed by atoms with E-state index in [4.69, 9.17) is 25.8 Å². The Bertz CT molecular complexity index is 803. The molecule has 0 aromatic heterocycles. The lowest BCUT2D eigenvalue weighted by Gasteiger charge is -2.13. The molecule has 0 aliphatic carbocycles. The second kappa shape index (κ2) is 10.8. The molecular formula is C18H18BrClN2O5. The van der Waals surface area contributed by atoms with Gasteiger partial charge in [0.25, 0.3) is 11.8 Å². The van der Waals surface area contributed by atoms with Crippen molar-refractivity contribution in [1.82, 2.24) is 10.9 Å². The van der Waals surface area contributed by atoms with Gasteiger partial charge in [-0.25, -0.2) is 0 Å². The van der Waals surface area contributed by atoms with Crippen LogP contribution in [0.2, 0.25) is 5.02 Å². The van der Waals surface area contributed by atoms with Crippen molar-refractivity contribution in [2.24, 2.45) is 0 Å². The molecule has 2 rings (SSSR count). The maximum Gasteiger partial charge on any atom is 0.276 e. The number of amides is 2. The van der Waals surface area contributed by atoms with E-state index in [1.54, 1.807) is 49.6 Å². The molecule has 0 heterocycles. The summed E-state index contributed by atoms with van der Waals surface area (Å²) >= 11 is 9.25. The quantitative estimate of drug-likeness (QED) is 0.470. The minimum absolute atomic E-state index is 0.257. The molecule has 0 saturated carbocycles. The van der Waals surface area contributed by atoms with Crippen LogP contribution in [-0.2, 0) is 9.53 Å². The van der Waals surface area contributed by atoms with Gasteiger partial charge in [0.1, 0.15) is 18.1 Å². The van der Waals surface area contributed by atoms with Crippen molar-refractivity contribution >= 4 is 39.3 Å². The van der Waals surface area contributed by atoms with Crippen molar-refractivity contribution in [2.75, 3.05) is 26.9 Å². The van der Waals surface area contributed by atoms with Crippen molar-refractivity contribution in [1.29, 1.82) is 0 Å². The Kier molecular flexibility index (Phi) is 8.38. The zero-order valence-corrected chi connectivity index (χ0v) is 16.8. The molecular weight excluding hydrogens is 440 g/mol. The number of ether oxygens (including phenoxy) is 3. The number of hydrogen-bond donors (Lipinski definition) is 2. The molecule has 144 valence electrons. The van der Waals surface area contributed by atoms with Gasteiger partial charge in [-0.15, -0.1) is 0 Å². The number of benzene rings is 2. The van der Waals surface area contributed by atoms with Gasteiger partial charge in [-0.1, -0.05) is 39.7 Å². The SMILES string of the molecule is COCCOc1ccc(Br)cc1C(=O)NNC(=O)COc1ccccc1Cl. The predicted octanol–water partition coefficient (Wildman–Crippen LogP) is 2.97. The molecule has 0 bridgehead atoms. The normalized spacial score (nSPS) is 10.2. The lowest BCUT2D eigenvalue weighted by molar-refractivity contribution is -0.123. The molecule has 0 fully saturated rings. The van der Waals surface area contributed by atoms with E-state index in [9.17, 15) is 9.59 Å². The first-order chi connectivity index (χ1) is 13.0. The van der Waals surface area contributed by atoms with E-state index in [1.807, 2.05) is 0 Å². The van der Waals surface area contributed by atoms with E-state index < -0.39 is 11.8 Å². The van der Waals surface area contributed by atoms with Crippen molar-refractivity contribution in [3.05, 3.63) is 57.5 Å². The molecule has 2 aromatic rings. The average Bonchev–Trinajstić information content (AvgIpc) is 2.66. The van der Waals surface area contributed by atoms with Crippen LogP contribution in [0.4, 0.5) is 0 Å². The Balaban J connectivity index is 1.90. The zero-order chi connectivity index (χ0) is 19.6. The van der Waals surface area contributed by atoms with Gasteiger partial charge in [0.15, 0.2) is 6.61 Å². The Morgan fingerprint density at radius 3 is 2.56 bits per heavy atom. The van der Waals surface area contributed by atoms with Crippen molar-refractivity contribution < 1.29 is 23.8 Å². The Labute approximate surface area is 170 Å². The van der Waals surface area contributed by atoms with Crippen molar-refractivity contribution in [2.45, 2.75) is 0 Å².